The van der Waals surface area contributed by atoms with Crippen molar-refractivity contribution in [2.45, 2.75) is 43.7 Å². The van der Waals surface area contributed by atoms with Gasteiger partial charge in [0.25, 0.3) is 0 Å². The third-order valence-electron chi connectivity index (χ3n) is 3.16. The maximum Gasteiger partial charge on any atom is 0.200 e. The lowest BCUT2D eigenvalue weighted by atomic mass is 10.2. The Kier molecular flexibility index (Phi) is 2.01. The molecule has 14 heavy (non-hydrogen) atoms. The van der Waals surface area contributed by atoms with Crippen molar-refractivity contribution in [1.82, 2.24) is 0 Å². The third-order valence-corrected chi connectivity index (χ3v) is 4.05. The van der Waals surface area contributed by atoms with E-state index in [2.05, 4.69) is 0 Å². The smallest absolute Gasteiger partial charge is 0.200 e. The van der Waals surface area contributed by atoms with E-state index in [4.69, 9.17) is 9.47 Å². The first-order valence-electron chi connectivity index (χ1n) is 4.97. The molecular weight excluding hydrogens is 295 g/mol. The lowest BCUT2D eigenvalue weighted by molar-refractivity contribution is -0.170. The minimum atomic E-state index is -0.418. The Morgan fingerprint density at radius 1 is 1.36 bits per heavy atom. The van der Waals surface area contributed by atoms with Crippen molar-refractivity contribution in [3.63, 3.8) is 0 Å². The molecule has 0 radical (unpaired) electrons. The second-order valence-electron chi connectivity index (χ2n) is 4.12. The Labute approximate surface area is 96.0 Å². The van der Waals surface area contributed by atoms with Gasteiger partial charge in [-0.05, 0) is 41.5 Å². The van der Waals surface area contributed by atoms with Gasteiger partial charge in [0.2, 0.25) is 5.78 Å². The largest absolute Gasteiger partial charge is 0.339 e. The molecule has 3 rings (SSSR count). The molecule has 1 spiro atoms. The first-order valence-corrected chi connectivity index (χ1v) is 6.05. The van der Waals surface area contributed by atoms with Crippen LogP contribution < -0.4 is 0 Å². The van der Waals surface area contributed by atoms with Crippen LogP contribution in [0.25, 0.3) is 0 Å². The molecule has 0 amide bonds. The highest BCUT2D eigenvalue weighted by Crippen LogP contribution is 2.45. The summed E-state index contributed by atoms with van der Waals surface area (Å²) in [5, 5.41) is 0. The van der Waals surface area contributed by atoms with Crippen molar-refractivity contribution >= 4 is 28.4 Å². The summed E-state index contributed by atoms with van der Waals surface area (Å²) in [6.07, 6.45) is 5.60. The highest BCUT2D eigenvalue weighted by atomic mass is 127. The zero-order valence-corrected chi connectivity index (χ0v) is 9.82. The van der Waals surface area contributed by atoms with E-state index in [1.807, 2.05) is 28.7 Å². The monoisotopic (exact) mass is 306 g/mol. The van der Waals surface area contributed by atoms with Crippen LogP contribution >= 0.6 is 22.6 Å². The van der Waals surface area contributed by atoms with E-state index in [9.17, 15) is 4.79 Å². The molecule has 0 unspecified atom stereocenters. The maximum atomic E-state index is 11.6. The fourth-order valence-corrected chi connectivity index (χ4v) is 3.13. The number of rotatable bonds is 0. The number of carbonyl (C=O) groups is 1. The van der Waals surface area contributed by atoms with Gasteiger partial charge in [0.05, 0.1) is 3.58 Å². The minimum absolute atomic E-state index is 0.0966. The molecule has 0 aromatic carbocycles. The zero-order chi connectivity index (χ0) is 9.76. The molecule has 2 fully saturated rings. The maximum absolute atomic E-state index is 11.6. The molecule has 3 aliphatic rings. The molecule has 0 aromatic rings. The van der Waals surface area contributed by atoms with Crippen LogP contribution in [-0.4, -0.2) is 23.8 Å². The van der Waals surface area contributed by atoms with Crippen LogP contribution in [0.3, 0.4) is 0 Å². The number of ether oxygens (including phenoxy) is 2. The van der Waals surface area contributed by atoms with Gasteiger partial charge in [0, 0.05) is 12.8 Å². The average molecular weight is 306 g/mol. The normalized spacial score (nSPS) is 39.2. The summed E-state index contributed by atoms with van der Waals surface area (Å²) in [7, 11) is 0. The van der Waals surface area contributed by atoms with Crippen LogP contribution in [0.4, 0.5) is 0 Å². The summed E-state index contributed by atoms with van der Waals surface area (Å²) in [4.78, 5) is 11.6. The quantitative estimate of drug-likeness (QED) is 0.642. The van der Waals surface area contributed by atoms with Crippen molar-refractivity contribution in [3.05, 3.63) is 9.66 Å². The molecule has 0 aromatic heterocycles. The fraction of sp³-hybridized carbons (Fsp3) is 0.700. The van der Waals surface area contributed by atoms with E-state index in [-0.39, 0.29) is 18.0 Å². The second kappa shape index (κ2) is 3.02. The number of hydrogen-bond donors (Lipinski definition) is 0. The van der Waals surface area contributed by atoms with Crippen LogP contribution in [0.15, 0.2) is 9.66 Å². The Morgan fingerprint density at radius 3 is 2.71 bits per heavy atom. The number of Topliss-reactive ketones (excluding diaryl/α,β-unsaturated/α-hetero) is 1. The highest BCUT2D eigenvalue weighted by Gasteiger charge is 2.53. The SMILES string of the molecule is O=C1C(I)=C[C@@H]2OC3(CCCC3)O[C@H]12. The molecule has 4 heteroatoms. The number of halogens is 1. The fourth-order valence-electron chi connectivity index (χ4n) is 2.47. The van der Waals surface area contributed by atoms with E-state index in [1.54, 1.807) is 0 Å². The lowest BCUT2D eigenvalue weighted by Crippen LogP contribution is -2.29. The molecule has 1 saturated heterocycles. The molecule has 1 heterocycles. The minimum Gasteiger partial charge on any atom is -0.339 e. The van der Waals surface area contributed by atoms with Gasteiger partial charge in [0.1, 0.15) is 6.10 Å². The molecule has 1 aliphatic heterocycles. The summed E-state index contributed by atoms with van der Waals surface area (Å²) in [5.74, 6) is -0.321. The summed E-state index contributed by atoms with van der Waals surface area (Å²) in [6, 6.07) is 0. The van der Waals surface area contributed by atoms with Crippen molar-refractivity contribution in [2.24, 2.45) is 0 Å². The van der Waals surface area contributed by atoms with Crippen molar-refractivity contribution in [3.8, 4) is 0 Å². The topological polar surface area (TPSA) is 35.5 Å². The molecule has 0 N–H and O–H groups in total. The van der Waals surface area contributed by atoms with Crippen molar-refractivity contribution in [2.75, 3.05) is 0 Å². The Bertz CT molecular complexity index is 317. The van der Waals surface area contributed by atoms with Gasteiger partial charge >= 0.3 is 0 Å². The number of fused-ring (bicyclic) bond motifs is 1. The van der Waals surface area contributed by atoms with Crippen LogP contribution in [0, 0.1) is 0 Å². The highest BCUT2D eigenvalue weighted by molar-refractivity contribution is 14.1. The molecule has 2 aliphatic carbocycles. The van der Waals surface area contributed by atoms with E-state index < -0.39 is 5.79 Å². The van der Waals surface area contributed by atoms with E-state index >= 15 is 0 Å². The summed E-state index contributed by atoms with van der Waals surface area (Å²) < 4.78 is 12.4. The van der Waals surface area contributed by atoms with Gasteiger partial charge in [0.15, 0.2) is 11.9 Å². The number of hydrogen-bond acceptors (Lipinski definition) is 3. The van der Waals surface area contributed by atoms with Gasteiger partial charge in [-0.3, -0.25) is 4.79 Å². The summed E-state index contributed by atoms with van der Waals surface area (Å²) in [6.45, 7) is 0. The average Bonchev–Trinajstić information content (AvgIpc) is 2.79. The Hall–Kier alpha value is 0.0600. The summed E-state index contributed by atoms with van der Waals surface area (Å²) in [5.41, 5.74) is 0. The number of ketones is 1. The Balaban J connectivity index is 1.86. The van der Waals surface area contributed by atoms with Crippen LogP contribution in [0.2, 0.25) is 0 Å². The van der Waals surface area contributed by atoms with Gasteiger partial charge < -0.3 is 9.47 Å². The Morgan fingerprint density at radius 2 is 2.07 bits per heavy atom. The molecule has 3 nitrogen and oxygen atoms in total. The van der Waals surface area contributed by atoms with E-state index in [1.165, 1.54) is 0 Å². The van der Waals surface area contributed by atoms with Crippen LogP contribution in [0.5, 0.6) is 0 Å². The zero-order valence-electron chi connectivity index (χ0n) is 7.66. The van der Waals surface area contributed by atoms with Crippen LogP contribution in [-0.2, 0) is 14.3 Å². The number of carbonyl (C=O) groups excluding carboxylic acids is 1. The molecule has 1 saturated carbocycles. The second-order valence-corrected chi connectivity index (χ2v) is 5.28. The third kappa shape index (κ3) is 1.20. The lowest BCUT2D eigenvalue weighted by Gasteiger charge is -2.22. The van der Waals surface area contributed by atoms with E-state index in [0.717, 1.165) is 29.3 Å². The van der Waals surface area contributed by atoms with Crippen LogP contribution in [0.1, 0.15) is 25.7 Å². The predicted molar refractivity (Wildman–Crippen MR) is 58.1 cm³/mol. The van der Waals surface area contributed by atoms with Gasteiger partial charge in [-0.1, -0.05) is 0 Å². The van der Waals surface area contributed by atoms with Crippen molar-refractivity contribution < 1.29 is 14.3 Å². The summed E-state index contributed by atoms with van der Waals surface area (Å²) >= 11 is 2.05. The van der Waals surface area contributed by atoms with Gasteiger partial charge in [-0.15, -0.1) is 0 Å². The van der Waals surface area contributed by atoms with Gasteiger partial charge in [-0.25, -0.2) is 0 Å². The van der Waals surface area contributed by atoms with E-state index in [0.29, 0.717) is 0 Å². The van der Waals surface area contributed by atoms with Gasteiger partial charge in [-0.2, -0.15) is 0 Å². The molecule has 0 bridgehead atoms. The standard InChI is InChI=1S/C10H11IO3/c11-6-5-7-9(8(6)12)14-10(13-7)3-1-2-4-10/h5,7,9H,1-4H2/t7-,9-/m0/s1. The van der Waals surface area contributed by atoms with Crippen molar-refractivity contribution in [1.29, 1.82) is 0 Å². The molecule has 76 valence electrons. The first-order chi connectivity index (χ1) is 6.70. The molecule has 2 atom stereocenters. The first kappa shape index (κ1) is 9.30. The predicted octanol–water partition coefficient (Wildman–Crippen LogP) is 1.94. The molecular formula is C10H11IO3.